The van der Waals surface area contributed by atoms with E-state index in [1.165, 1.54) is 16.7 Å². The Morgan fingerprint density at radius 3 is 2.50 bits per heavy atom. The second-order valence-corrected chi connectivity index (χ2v) is 11.7. The first-order valence-corrected chi connectivity index (χ1v) is 13.0. The second kappa shape index (κ2) is 11.2. The van der Waals surface area contributed by atoms with Gasteiger partial charge in [0.2, 0.25) is 10.0 Å². The Hall–Kier alpha value is -2.55. The van der Waals surface area contributed by atoms with E-state index in [1.54, 1.807) is 48.6 Å². The standard InChI is InChI=1S/C26H19Cl3N2O3S2/c1-2-14-31-23(33)21(36-25(31)35)15-16-10-12-18(13-11-16)34-24(26(27,28)29)30-22(32)20-9-5-7-17-6-3-4-8-19(17)20/h2-13,15,24H,1,14H2,(H,30,32)/b21-15-/t24-/m0/s1. The van der Waals surface area contributed by atoms with Crippen molar-refractivity contribution < 1.29 is 14.3 Å². The molecule has 0 aliphatic carbocycles. The maximum Gasteiger partial charge on any atom is 0.266 e. The van der Waals surface area contributed by atoms with Crippen LogP contribution in [0.25, 0.3) is 16.8 Å². The first-order valence-electron chi connectivity index (χ1n) is 10.7. The molecule has 0 aromatic heterocycles. The van der Waals surface area contributed by atoms with E-state index in [0.29, 0.717) is 27.1 Å². The van der Waals surface area contributed by atoms with Crippen LogP contribution in [-0.2, 0) is 4.79 Å². The molecule has 1 saturated heterocycles. The number of benzene rings is 3. The molecule has 2 amide bonds. The molecule has 0 radical (unpaired) electrons. The summed E-state index contributed by atoms with van der Waals surface area (Å²) < 4.78 is 4.37. The van der Waals surface area contributed by atoms with E-state index in [4.69, 9.17) is 51.8 Å². The molecule has 1 N–H and O–H groups in total. The van der Waals surface area contributed by atoms with Crippen molar-refractivity contribution in [1.29, 1.82) is 0 Å². The summed E-state index contributed by atoms with van der Waals surface area (Å²) in [5.41, 5.74) is 1.19. The van der Waals surface area contributed by atoms with Crippen LogP contribution in [0.5, 0.6) is 5.75 Å². The molecule has 36 heavy (non-hydrogen) atoms. The lowest BCUT2D eigenvalue weighted by molar-refractivity contribution is -0.121. The van der Waals surface area contributed by atoms with Gasteiger partial charge in [-0.1, -0.05) is 113 Å². The third kappa shape index (κ3) is 6.05. The number of hydrogen-bond acceptors (Lipinski definition) is 5. The minimum absolute atomic E-state index is 0.169. The number of amides is 2. The monoisotopic (exact) mass is 576 g/mol. The number of carbonyl (C=O) groups is 2. The lowest BCUT2D eigenvalue weighted by Gasteiger charge is -2.26. The number of alkyl halides is 3. The highest BCUT2D eigenvalue weighted by Crippen LogP contribution is 2.34. The highest BCUT2D eigenvalue weighted by atomic mass is 35.6. The van der Waals surface area contributed by atoms with Gasteiger partial charge in [0.05, 0.1) is 4.91 Å². The Bertz CT molecular complexity index is 1370. The molecule has 3 aromatic rings. The normalized spacial score (nSPS) is 15.9. The lowest BCUT2D eigenvalue weighted by atomic mass is 10.0. The SMILES string of the molecule is C=CCN1C(=O)/C(=C/c2ccc(O[C@H](NC(=O)c3cccc4ccccc34)C(Cl)(Cl)Cl)cc2)SC1=S. The predicted octanol–water partition coefficient (Wildman–Crippen LogP) is 6.73. The molecular weight excluding hydrogens is 559 g/mol. The van der Waals surface area contributed by atoms with Crippen molar-refractivity contribution in [2.24, 2.45) is 0 Å². The summed E-state index contributed by atoms with van der Waals surface area (Å²) in [7, 11) is 0. The molecule has 5 nitrogen and oxygen atoms in total. The Morgan fingerprint density at radius 2 is 1.81 bits per heavy atom. The van der Waals surface area contributed by atoms with Crippen molar-refractivity contribution in [2.45, 2.75) is 10.0 Å². The average molecular weight is 578 g/mol. The van der Waals surface area contributed by atoms with Crippen LogP contribution in [0.3, 0.4) is 0 Å². The maximum atomic E-state index is 13.1. The summed E-state index contributed by atoms with van der Waals surface area (Å²) in [6.45, 7) is 4.01. The molecule has 4 rings (SSSR count). The fraction of sp³-hybridized carbons (Fsp3) is 0.115. The summed E-state index contributed by atoms with van der Waals surface area (Å²) in [6.07, 6.45) is 2.09. The number of nitrogens with one attached hydrogen (secondary N) is 1. The lowest BCUT2D eigenvalue weighted by Crippen LogP contribution is -2.47. The van der Waals surface area contributed by atoms with Gasteiger partial charge in [-0.2, -0.15) is 0 Å². The van der Waals surface area contributed by atoms with E-state index in [0.717, 1.165) is 16.3 Å². The Morgan fingerprint density at radius 1 is 1.11 bits per heavy atom. The molecule has 10 heteroatoms. The number of rotatable bonds is 7. The highest BCUT2D eigenvalue weighted by molar-refractivity contribution is 8.26. The summed E-state index contributed by atoms with van der Waals surface area (Å²) in [4.78, 5) is 27.6. The van der Waals surface area contributed by atoms with Crippen LogP contribution in [0.15, 0.2) is 84.3 Å². The van der Waals surface area contributed by atoms with Crippen molar-refractivity contribution in [2.75, 3.05) is 6.54 Å². The van der Waals surface area contributed by atoms with Gasteiger partial charge in [-0.3, -0.25) is 14.5 Å². The van der Waals surface area contributed by atoms with Crippen LogP contribution in [0, 0.1) is 0 Å². The Labute approximate surface area is 233 Å². The van der Waals surface area contributed by atoms with E-state index in [9.17, 15) is 9.59 Å². The van der Waals surface area contributed by atoms with E-state index in [2.05, 4.69) is 11.9 Å². The molecule has 1 fully saturated rings. The van der Waals surface area contributed by atoms with Crippen LogP contribution in [0.2, 0.25) is 0 Å². The van der Waals surface area contributed by atoms with Crippen molar-refractivity contribution in [1.82, 2.24) is 10.2 Å². The van der Waals surface area contributed by atoms with E-state index < -0.39 is 15.9 Å². The smallest absolute Gasteiger partial charge is 0.266 e. The number of fused-ring (bicyclic) bond motifs is 1. The van der Waals surface area contributed by atoms with Crippen LogP contribution >= 0.6 is 58.8 Å². The number of ether oxygens (including phenoxy) is 1. The predicted molar refractivity (Wildman–Crippen MR) is 153 cm³/mol. The van der Waals surface area contributed by atoms with Crippen molar-refractivity contribution in [3.63, 3.8) is 0 Å². The third-order valence-corrected chi connectivity index (χ3v) is 7.18. The fourth-order valence-corrected chi connectivity index (χ4v) is 5.09. The molecule has 184 valence electrons. The molecule has 1 aliphatic rings. The zero-order valence-corrected chi connectivity index (χ0v) is 22.5. The average Bonchev–Trinajstić information content (AvgIpc) is 3.11. The van der Waals surface area contributed by atoms with Gasteiger partial charge in [-0.05, 0) is 40.6 Å². The molecule has 1 atom stereocenters. The van der Waals surface area contributed by atoms with Gasteiger partial charge in [-0.25, -0.2) is 0 Å². The molecule has 1 aliphatic heterocycles. The zero-order valence-electron chi connectivity index (χ0n) is 18.6. The molecule has 3 aromatic carbocycles. The van der Waals surface area contributed by atoms with Gasteiger partial charge in [0.1, 0.15) is 10.1 Å². The molecule has 0 bridgehead atoms. The molecule has 0 unspecified atom stereocenters. The number of halogens is 3. The highest BCUT2D eigenvalue weighted by Gasteiger charge is 2.37. The van der Waals surface area contributed by atoms with Crippen LogP contribution in [0.4, 0.5) is 0 Å². The molecule has 1 heterocycles. The van der Waals surface area contributed by atoms with Gasteiger partial charge >= 0.3 is 0 Å². The summed E-state index contributed by atoms with van der Waals surface area (Å²) in [5.74, 6) is -0.250. The largest absolute Gasteiger partial charge is 0.466 e. The Balaban J connectivity index is 1.50. The van der Waals surface area contributed by atoms with Crippen LogP contribution < -0.4 is 10.1 Å². The molecular formula is C26H19Cl3N2O3S2. The second-order valence-electron chi connectivity index (χ2n) is 7.69. The van der Waals surface area contributed by atoms with E-state index in [-0.39, 0.29) is 5.91 Å². The first kappa shape index (κ1) is 26.5. The fourth-order valence-electron chi connectivity index (χ4n) is 3.51. The summed E-state index contributed by atoms with van der Waals surface area (Å²) >= 11 is 24.9. The summed E-state index contributed by atoms with van der Waals surface area (Å²) in [5, 5.41) is 4.35. The minimum Gasteiger partial charge on any atom is -0.466 e. The van der Waals surface area contributed by atoms with Crippen molar-refractivity contribution in [3.05, 3.63) is 95.4 Å². The van der Waals surface area contributed by atoms with Crippen molar-refractivity contribution in [3.8, 4) is 5.75 Å². The van der Waals surface area contributed by atoms with Crippen molar-refractivity contribution >= 4 is 91.8 Å². The number of thiocarbonyl (C=S) groups is 1. The number of carbonyl (C=O) groups excluding carboxylic acids is 2. The number of hydrogen-bond donors (Lipinski definition) is 1. The van der Waals surface area contributed by atoms with Gasteiger partial charge in [0.25, 0.3) is 11.8 Å². The quantitative estimate of drug-likeness (QED) is 0.111. The van der Waals surface area contributed by atoms with E-state index in [1.807, 2.05) is 30.3 Å². The number of thioether (sulfide) groups is 1. The van der Waals surface area contributed by atoms with E-state index >= 15 is 0 Å². The maximum absolute atomic E-state index is 13.1. The van der Waals surface area contributed by atoms with Gasteiger partial charge in [0.15, 0.2) is 0 Å². The van der Waals surface area contributed by atoms with Crippen LogP contribution in [-0.4, -0.2) is 37.6 Å². The first-order chi connectivity index (χ1) is 17.2. The van der Waals surface area contributed by atoms with Crippen LogP contribution in [0.1, 0.15) is 15.9 Å². The number of nitrogens with zero attached hydrogens (tertiary/aromatic N) is 1. The summed E-state index contributed by atoms with van der Waals surface area (Å²) in [6, 6.07) is 19.7. The Kier molecular flexibility index (Phi) is 8.27. The zero-order chi connectivity index (χ0) is 25.9. The van der Waals surface area contributed by atoms with Gasteiger partial charge < -0.3 is 10.1 Å². The van der Waals surface area contributed by atoms with Gasteiger partial charge in [-0.15, -0.1) is 6.58 Å². The molecule has 0 spiro atoms. The molecule has 0 saturated carbocycles. The third-order valence-electron chi connectivity index (χ3n) is 5.21. The topological polar surface area (TPSA) is 58.6 Å². The van der Waals surface area contributed by atoms with Gasteiger partial charge in [0, 0.05) is 12.1 Å². The minimum atomic E-state index is -1.95.